The van der Waals surface area contributed by atoms with E-state index >= 15 is 0 Å². The van der Waals surface area contributed by atoms with Crippen LogP contribution in [0.5, 0.6) is 0 Å². The number of carbonyl (C=O) groups excluding carboxylic acids is 2. The third kappa shape index (κ3) is 8.50. The summed E-state index contributed by atoms with van der Waals surface area (Å²) in [6.07, 6.45) is 3.85. The minimum absolute atomic E-state index is 0.00182. The van der Waals surface area contributed by atoms with Crippen molar-refractivity contribution in [3.8, 4) is 0 Å². The van der Waals surface area contributed by atoms with Gasteiger partial charge in [-0.05, 0) is 72.3 Å². The van der Waals surface area contributed by atoms with Crippen LogP contribution in [0.15, 0.2) is 26.4 Å². The van der Waals surface area contributed by atoms with Crippen LogP contribution in [0.25, 0.3) is 5.70 Å². The predicted octanol–water partition coefficient (Wildman–Crippen LogP) is 4.03. The first-order chi connectivity index (χ1) is 16.7. The van der Waals surface area contributed by atoms with Gasteiger partial charge in [-0.15, -0.1) is 11.8 Å². The highest BCUT2D eigenvalue weighted by atomic mass is 32.2. The summed E-state index contributed by atoms with van der Waals surface area (Å²) >= 11 is 1.52. The molecular weight excluding hydrogens is 503 g/mol. The summed E-state index contributed by atoms with van der Waals surface area (Å²) in [5.74, 6) is -0.510. The van der Waals surface area contributed by atoms with Crippen molar-refractivity contribution >= 4 is 48.7 Å². The molecule has 1 aromatic heterocycles. The fourth-order valence-electron chi connectivity index (χ4n) is 3.26. The van der Waals surface area contributed by atoms with Gasteiger partial charge in [0.2, 0.25) is 0 Å². The standard InChI is InChI=1S/C24H41N4O6PS/c1-10-32-21(29)23(5,6)27-35(31,28-24(7,8)22(30)33-11-2)19-13-12-17(34-19)20(26-15-25)18(36-9)14-16(3)4/h12-13,15-16H,10-11,14H2,1-9H3,(H2,25,26)(H2,27,28,31)/b20-18-. The summed E-state index contributed by atoms with van der Waals surface area (Å²) in [5.41, 5.74) is 3.37. The second-order valence-electron chi connectivity index (χ2n) is 9.51. The third-order valence-corrected chi connectivity index (χ3v) is 8.35. The molecule has 204 valence electrons. The van der Waals surface area contributed by atoms with E-state index in [1.807, 2.05) is 6.26 Å². The SMILES string of the molecule is CCOC(=O)C(C)(C)NP(=O)(NC(C)(C)C(=O)OCC)c1ccc(/C(N=CN)=C(\CC(C)C)SC)o1. The van der Waals surface area contributed by atoms with Crippen molar-refractivity contribution in [1.29, 1.82) is 0 Å². The highest BCUT2D eigenvalue weighted by Gasteiger charge is 2.45. The van der Waals surface area contributed by atoms with Gasteiger partial charge in [-0.1, -0.05) is 13.8 Å². The van der Waals surface area contributed by atoms with Crippen molar-refractivity contribution in [1.82, 2.24) is 10.2 Å². The van der Waals surface area contributed by atoms with Gasteiger partial charge in [0.1, 0.15) is 16.8 Å². The van der Waals surface area contributed by atoms with Gasteiger partial charge in [0, 0.05) is 4.91 Å². The molecule has 10 nitrogen and oxygen atoms in total. The Balaban J connectivity index is 3.66. The number of nitrogens with one attached hydrogen (secondary N) is 2. The van der Waals surface area contributed by atoms with Gasteiger partial charge < -0.3 is 19.6 Å². The molecule has 0 amide bonds. The second kappa shape index (κ2) is 13.5. The first-order valence-electron chi connectivity index (χ1n) is 11.8. The summed E-state index contributed by atoms with van der Waals surface area (Å²) in [6.45, 7) is 14.0. The van der Waals surface area contributed by atoms with Crippen LogP contribution in [-0.2, 0) is 23.6 Å². The molecule has 12 heteroatoms. The number of ether oxygens (including phenoxy) is 2. The number of carbonyl (C=O) groups is 2. The number of thioether (sulfide) groups is 1. The van der Waals surface area contributed by atoms with Crippen LogP contribution >= 0.6 is 19.2 Å². The molecule has 0 aliphatic heterocycles. The highest BCUT2D eigenvalue weighted by Crippen LogP contribution is 2.42. The van der Waals surface area contributed by atoms with E-state index in [1.54, 1.807) is 47.6 Å². The van der Waals surface area contributed by atoms with Gasteiger partial charge in [0.05, 0.1) is 19.6 Å². The zero-order valence-electron chi connectivity index (χ0n) is 22.8. The van der Waals surface area contributed by atoms with Crippen LogP contribution < -0.4 is 21.4 Å². The van der Waals surface area contributed by atoms with Gasteiger partial charge in [0.25, 0.3) is 7.44 Å². The van der Waals surface area contributed by atoms with Crippen molar-refractivity contribution < 1.29 is 28.0 Å². The Labute approximate surface area is 218 Å². The molecule has 0 radical (unpaired) electrons. The molecule has 1 aromatic rings. The van der Waals surface area contributed by atoms with Crippen LogP contribution in [0.3, 0.4) is 0 Å². The summed E-state index contributed by atoms with van der Waals surface area (Å²) in [5, 5.41) is 5.73. The van der Waals surface area contributed by atoms with E-state index in [1.165, 1.54) is 24.2 Å². The molecule has 0 bridgehead atoms. The molecular formula is C24H41N4O6PS. The van der Waals surface area contributed by atoms with Crippen LogP contribution in [0, 0.1) is 5.92 Å². The molecule has 36 heavy (non-hydrogen) atoms. The van der Waals surface area contributed by atoms with Crippen LogP contribution in [0.2, 0.25) is 0 Å². The summed E-state index contributed by atoms with van der Waals surface area (Å²) in [4.78, 5) is 30.5. The van der Waals surface area contributed by atoms with E-state index in [4.69, 9.17) is 19.6 Å². The second-order valence-corrected chi connectivity index (χ2v) is 12.5. The molecule has 0 aromatic carbocycles. The number of aliphatic imine (C=N–C) groups is 1. The molecule has 0 aliphatic rings. The van der Waals surface area contributed by atoms with E-state index in [0.717, 1.165) is 11.3 Å². The molecule has 0 spiro atoms. The first-order valence-corrected chi connectivity index (χ1v) is 14.8. The Kier molecular flexibility index (Phi) is 12.0. The van der Waals surface area contributed by atoms with Gasteiger partial charge >= 0.3 is 11.9 Å². The van der Waals surface area contributed by atoms with Crippen LogP contribution in [0.4, 0.5) is 0 Å². The lowest BCUT2D eigenvalue weighted by molar-refractivity contribution is -0.149. The summed E-state index contributed by atoms with van der Waals surface area (Å²) < 4.78 is 30.8. The van der Waals surface area contributed by atoms with Crippen molar-refractivity contribution in [2.24, 2.45) is 16.6 Å². The normalized spacial score (nSPS) is 13.7. The minimum Gasteiger partial charge on any atom is -0.465 e. The number of hydrogen-bond acceptors (Lipinski definition) is 8. The predicted molar refractivity (Wildman–Crippen MR) is 146 cm³/mol. The average Bonchev–Trinajstić information content (AvgIpc) is 3.26. The molecule has 1 heterocycles. The molecule has 0 atom stereocenters. The number of allylic oxidation sites excluding steroid dienone is 1. The van der Waals surface area contributed by atoms with Crippen LogP contribution in [-0.4, -0.2) is 48.8 Å². The maximum absolute atomic E-state index is 14.5. The number of hydrogen-bond donors (Lipinski definition) is 3. The Hall–Kier alpha value is -2.07. The number of esters is 2. The molecule has 0 unspecified atom stereocenters. The van der Waals surface area contributed by atoms with Gasteiger partial charge in [-0.2, -0.15) is 0 Å². The molecule has 0 saturated heterocycles. The van der Waals surface area contributed by atoms with E-state index in [0.29, 0.717) is 17.4 Å². The average molecular weight is 545 g/mol. The quantitative estimate of drug-likeness (QED) is 0.136. The van der Waals surface area contributed by atoms with E-state index in [-0.39, 0.29) is 18.7 Å². The van der Waals surface area contributed by atoms with Gasteiger partial charge in [0.15, 0.2) is 11.3 Å². The van der Waals surface area contributed by atoms with Crippen molar-refractivity contribution in [2.75, 3.05) is 19.5 Å². The Bertz CT molecular complexity index is 980. The zero-order valence-corrected chi connectivity index (χ0v) is 24.5. The third-order valence-electron chi connectivity index (χ3n) is 4.89. The van der Waals surface area contributed by atoms with E-state index < -0.39 is 30.5 Å². The number of nitrogens with two attached hydrogens (primary N) is 1. The van der Waals surface area contributed by atoms with Gasteiger partial charge in [-0.25, -0.2) is 15.2 Å². The van der Waals surface area contributed by atoms with Crippen LogP contribution in [0.1, 0.15) is 67.6 Å². The number of furan rings is 1. The fourth-order valence-corrected chi connectivity index (χ4v) is 6.65. The van der Waals surface area contributed by atoms with E-state index in [2.05, 4.69) is 29.0 Å². The fraction of sp³-hybridized carbons (Fsp3) is 0.625. The highest BCUT2D eigenvalue weighted by molar-refractivity contribution is 8.02. The lowest BCUT2D eigenvalue weighted by Crippen LogP contribution is -2.55. The topological polar surface area (TPSA) is 145 Å². The molecule has 0 aliphatic carbocycles. The zero-order chi connectivity index (χ0) is 27.7. The lowest BCUT2D eigenvalue weighted by atomic mass is 10.1. The monoisotopic (exact) mass is 544 g/mol. The van der Waals surface area contributed by atoms with Crippen molar-refractivity contribution in [2.45, 2.75) is 72.9 Å². The lowest BCUT2D eigenvalue weighted by Gasteiger charge is -2.34. The van der Waals surface area contributed by atoms with E-state index in [9.17, 15) is 14.2 Å². The maximum Gasteiger partial charge on any atom is 0.326 e. The Morgan fingerprint density at radius 1 is 1.11 bits per heavy atom. The van der Waals surface area contributed by atoms with Crippen molar-refractivity contribution in [3.05, 3.63) is 22.8 Å². The molecule has 4 N–H and O–H groups in total. The Morgan fingerprint density at radius 2 is 1.61 bits per heavy atom. The summed E-state index contributed by atoms with van der Waals surface area (Å²) in [6, 6.07) is 3.16. The maximum atomic E-state index is 14.5. The minimum atomic E-state index is -3.95. The van der Waals surface area contributed by atoms with Gasteiger partial charge in [-0.3, -0.25) is 14.2 Å². The smallest absolute Gasteiger partial charge is 0.326 e. The largest absolute Gasteiger partial charge is 0.465 e. The van der Waals surface area contributed by atoms with Crippen molar-refractivity contribution in [3.63, 3.8) is 0 Å². The molecule has 0 fully saturated rings. The Morgan fingerprint density at radius 3 is 2.00 bits per heavy atom. The first kappa shape index (κ1) is 32.0. The number of nitrogens with zero attached hydrogens (tertiary/aromatic N) is 1. The molecule has 0 saturated carbocycles. The summed E-state index contributed by atoms with van der Waals surface area (Å²) in [7, 11) is -3.95. The number of rotatable bonds is 14. The molecule has 1 rings (SSSR count).